The summed E-state index contributed by atoms with van der Waals surface area (Å²) in [4.78, 5) is 13.7. The number of anilines is 2. The highest BCUT2D eigenvalue weighted by molar-refractivity contribution is 7.22. The number of piperidine rings is 1. The van der Waals surface area contributed by atoms with Gasteiger partial charge in [-0.25, -0.2) is 4.98 Å². The first-order valence-corrected chi connectivity index (χ1v) is 11.5. The number of aromatic nitrogens is 2. The van der Waals surface area contributed by atoms with Crippen LogP contribution in [0.15, 0.2) is 52.9 Å². The Kier molecular flexibility index (Phi) is 7.04. The first-order valence-electron chi connectivity index (χ1n) is 10.7. The number of para-hydroxylation sites is 3. The van der Waals surface area contributed by atoms with Crippen LogP contribution >= 0.6 is 11.3 Å². The third-order valence-corrected chi connectivity index (χ3v) is 6.57. The van der Waals surface area contributed by atoms with Gasteiger partial charge in [0.2, 0.25) is 0 Å². The molecule has 0 unspecified atom stereocenters. The highest BCUT2D eigenvalue weighted by atomic mass is 32.1. The zero-order valence-corrected chi connectivity index (χ0v) is 17.8. The summed E-state index contributed by atoms with van der Waals surface area (Å²) in [5, 5.41) is 1.12. The van der Waals surface area contributed by atoms with Crippen molar-refractivity contribution in [1.29, 1.82) is 0 Å². The van der Waals surface area contributed by atoms with Gasteiger partial charge in [0.25, 0.3) is 6.01 Å². The molecule has 2 saturated heterocycles. The molecule has 2 aliphatic heterocycles. The average molecular weight is 439 g/mol. The molecule has 2 fully saturated rings. The van der Waals surface area contributed by atoms with Gasteiger partial charge in [-0.3, -0.25) is 0 Å². The van der Waals surface area contributed by atoms with Crippen LogP contribution < -0.4 is 9.80 Å². The van der Waals surface area contributed by atoms with Gasteiger partial charge in [-0.2, -0.15) is 4.98 Å². The number of rotatable bonds is 2. The molecule has 0 aliphatic carbocycles. The van der Waals surface area contributed by atoms with Crippen molar-refractivity contribution in [3.8, 4) is 0 Å². The summed E-state index contributed by atoms with van der Waals surface area (Å²) in [6.07, 6.45) is 3.83. The maximum absolute atomic E-state index is 5.72. The lowest BCUT2D eigenvalue weighted by Gasteiger charge is -2.25. The molecule has 2 aromatic heterocycles. The van der Waals surface area contributed by atoms with Gasteiger partial charge < -0.3 is 19.0 Å². The van der Waals surface area contributed by atoms with E-state index in [0.717, 1.165) is 67.2 Å². The Morgan fingerprint density at radius 1 is 0.742 bits per heavy atom. The van der Waals surface area contributed by atoms with Gasteiger partial charge in [0.1, 0.15) is 5.52 Å². The third-order valence-electron chi connectivity index (χ3n) is 5.47. The topological polar surface area (TPSA) is 54.6 Å². The van der Waals surface area contributed by atoms with Crippen molar-refractivity contribution in [1.82, 2.24) is 9.97 Å². The van der Waals surface area contributed by atoms with E-state index < -0.39 is 0 Å². The van der Waals surface area contributed by atoms with Gasteiger partial charge in [0.15, 0.2) is 10.7 Å². The van der Waals surface area contributed by atoms with E-state index in [1.165, 1.54) is 24.0 Å². The lowest BCUT2D eigenvalue weighted by atomic mass is 10.1. The second kappa shape index (κ2) is 10.1. The highest BCUT2D eigenvalue weighted by Crippen LogP contribution is 2.28. The summed E-state index contributed by atoms with van der Waals surface area (Å²) < 4.78 is 12.3. The number of benzene rings is 2. The molecule has 0 spiro atoms. The van der Waals surface area contributed by atoms with Gasteiger partial charge >= 0.3 is 0 Å². The van der Waals surface area contributed by atoms with E-state index in [0.29, 0.717) is 0 Å². The number of nitrogens with zero attached hydrogens (tertiary/aromatic N) is 4. The van der Waals surface area contributed by atoms with Gasteiger partial charge in [0, 0.05) is 26.2 Å². The van der Waals surface area contributed by atoms with Crippen molar-refractivity contribution in [2.24, 2.45) is 0 Å². The van der Waals surface area contributed by atoms with Gasteiger partial charge in [-0.15, -0.1) is 0 Å². The molecule has 6 rings (SSSR count). The van der Waals surface area contributed by atoms with Crippen LogP contribution in [0, 0.1) is 0 Å². The zero-order valence-electron chi connectivity index (χ0n) is 17.0. The Morgan fingerprint density at radius 3 is 2.19 bits per heavy atom. The van der Waals surface area contributed by atoms with Crippen molar-refractivity contribution < 1.29 is 9.15 Å². The minimum absolute atomic E-state index is 0. The molecular formula is C24H30N4O2S. The molecule has 0 amide bonds. The highest BCUT2D eigenvalue weighted by Gasteiger charge is 2.16. The fourth-order valence-corrected chi connectivity index (χ4v) is 4.85. The lowest BCUT2D eigenvalue weighted by Crippen LogP contribution is -2.36. The lowest BCUT2D eigenvalue weighted by molar-refractivity contribution is 0.122. The summed E-state index contributed by atoms with van der Waals surface area (Å²) in [5.41, 5.74) is 2.94. The van der Waals surface area contributed by atoms with Crippen LogP contribution in [0.1, 0.15) is 26.7 Å². The van der Waals surface area contributed by atoms with E-state index in [1.54, 1.807) is 11.3 Å². The molecule has 4 aromatic rings. The van der Waals surface area contributed by atoms with Gasteiger partial charge in [-0.05, 0) is 43.5 Å². The second-order valence-electron chi connectivity index (χ2n) is 7.58. The molecule has 0 atom stereocenters. The number of hydrogen-bond acceptors (Lipinski definition) is 7. The first kappa shape index (κ1) is 21.6. The van der Waals surface area contributed by atoms with Crippen LogP contribution in [-0.2, 0) is 4.74 Å². The minimum atomic E-state index is 0. The Labute approximate surface area is 187 Å². The zero-order chi connectivity index (χ0) is 20.2. The largest absolute Gasteiger partial charge is 0.423 e. The summed E-state index contributed by atoms with van der Waals surface area (Å²) in [7, 11) is 0. The fraction of sp³-hybridized carbons (Fsp3) is 0.417. The van der Waals surface area contributed by atoms with Gasteiger partial charge in [0.05, 0.1) is 23.4 Å². The van der Waals surface area contributed by atoms with Crippen LogP contribution in [0.5, 0.6) is 0 Å². The number of morpholine rings is 1. The van der Waals surface area contributed by atoms with E-state index in [2.05, 4.69) is 38.0 Å². The van der Waals surface area contributed by atoms with Crippen LogP contribution in [-0.4, -0.2) is 49.4 Å². The molecule has 6 nitrogen and oxygen atoms in total. The molecule has 31 heavy (non-hydrogen) atoms. The number of hydrogen-bond donors (Lipinski definition) is 0. The monoisotopic (exact) mass is 438 g/mol. The molecule has 0 radical (unpaired) electrons. The molecule has 2 aromatic carbocycles. The normalized spacial score (nSPS) is 16.6. The number of oxazole rings is 1. The predicted octanol–water partition coefficient (Wildman–Crippen LogP) is 5.59. The SMILES string of the molecule is C.c1ccc2oc(N3CCCCC3)nc2c1.c1ccc2sc(N3CCOCC3)nc2c1. The van der Waals surface area contributed by atoms with Crippen molar-refractivity contribution in [2.75, 3.05) is 49.2 Å². The molecule has 2 aliphatic rings. The summed E-state index contributed by atoms with van der Waals surface area (Å²) in [6, 6.07) is 17.0. The molecule has 164 valence electrons. The Balaban J connectivity index is 0.000000144. The standard InChI is InChI=1S/C12H14N2O.C11H12N2OS.CH4/c1-4-8-14(9-5-1)12-13-10-6-2-3-7-11(10)15-12;1-2-4-10-9(3-1)12-11(15-10)13-5-7-14-8-6-13;/h2-3,6-7H,1,4-5,8-9H2;1-4H,5-8H2;1H4. The predicted molar refractivity (Wildman–Crippen MR) is 129 cm³/mol. The molecular weight excluding hydrogens is 408 g/mol. The summed E-state index contributed by atoms with van der Waals surface area (Å²) >= 11 is 1.76. The molecule has 0 saturated carbocycles. The maximum Gasteiger partial charge on any atom is 0.298 e. The van der Waals surface area contributed by atoms with Gasteiger partial charge in [-0.1, -0.05) is 43.0 Å². The Morgan fingerprint density at radius 2 is 1.45 bits per heavy atom. The van der Waals surface area contributed by atoms with Crippen molar-refractivity contribution >= 4 is 43.8 Å². The molecule has 4 heterocycles. The van der Waals surface area contributed by atoms with Crippen LogP contribution in [0.3, 0.4) is 0 Å². The van der Waals surface area contributed by atoms with Crippen LogP contribution in [0.2, 0.25) is 0 Å². The fourth-order valence-electron chi connectivity index (χ4n) is 3.83. The van der Waals surface area contributed by atoms with E-state index in [4.69, 9.17) is 9.15 Å². The second-order valence-corrected chi connectivity index (χ2v) is 8.58. The third kappa shape index (κ3) is 4.99. The van der Waals surface area contributed by atoms with E-state index in [-0.39, 0.29) is 7.43 Å². The van der Waals surface area contributed by atoms with Crippen molar-refractivity contribution in [3.63, 3.8) is 0 Å². The number of ether oxygens (including phenoxy) is 1. The number of thiazole rings is 1. The maximum atomic E-state index is 5.72. The van der Waals surface area contributed by atoms with E-state index >= 15 is 0 Å². The minimum Gasteiger partial charge on any atom is -0.423 e. The number of fused-ring (bicyclic) bond motifs is 2. The van der Waals surface area contributed by atoms with E-state index in [9.17, 15) is 0 Å². The summed E-state index contributed by atoms with van der Waals surface area (Å²) in [6.45, 7) is 5.70. The average Bonchev–Trinajstić information content (AvgIpc) is 3.45. The Hall–Kier alpha value is -2.64. The van der Waals surface area contributed by atoms with Crippen molar-refractivity contribution in [3.05, 3.63) is 48.5 Å². The summed E-state index contributed by atoms with van der Waals surface area (Å²) in [5.74, 6) is 0. The first-order chi connectivity index (χ1) is 14.9. The molecule has 0 bridgehead atoms. The molecule has 0 N–H and O–H groups in total. The molecule has 7 heteroatoms. The smallest absolute Gasteiger partial charge is 0.298 e. The Bertz CT molecular complexity index is 943. The quantitative estimate of drug-likeness (QED) is 0.407. The van der Waals surface area contributed by atoms with Crippen LogP contribution in [0.4, 0.5) is 11.1 Å². The van der Waals surface area contributed by atoms with E-state index in [1.807, 2.05) is 30.3 Å². The van der Waals surface area contributed by atoms with Crippen LogP contribution in [0.25, 0.3) is 21.3 Å². The van der Waals surface area contributed by atoms with Crippen molar-refractivity contribution in [2.45, 2.75) is 26.7 Å².